The largest absolute Gasteiger partial charge is 0.322 e. The lowest BCUT2D eigenvalue weighted by Crippen LogP contribution is -2.55. The molecule has 0 saturated carbocycles. The van der Waals surface area contributed by atoms with E-state index >= 15 is 0 Å². The van der Waals surface area contributed by atoms with Crippen LogP contribution in [-0.2, 0) is 9.84 Å². The lowest BCUT2D eigenvalue weighted by atomic mass is 10.2. The van der Waals surface area contributed by atoms with Gasteiger partial charge in [-0.05, 0) is 19.9 Å². The zero-order valence-corrected chi connectivity index (χ0v) is 13.2. The summed E-state index contributed by atoms with van der Waals surface area (Å²) in [5.41, 5.74) is 0. The van der Waals surface area contributed by atoms with Crippen LogP contribution in [0.15, 0.2) is 0 Å². The Hall–Kier alpha value is -0.820. The van der Waals surface area contributed by atoms with Crippen LogP contribution in [-0.4, -0.2) is 86.0 Å². The minimum atomic E-state index is -2.95. The van der Waals surface area contributed by atoms with Gasteiger partial charge in [0, 0.05) is 38.8 Å². The number of carbonyl (C=O) groups is 1. The van der Waals surface area contributed by atoms with Crippen molar-refractivity contribution in [3.05, 3.63) is 0 Å². The van der Waals surface area contributed by atoms with Gasteiger partial charge in [-0.15, -0.1) is 0 Å². The monoisotopic (exact) mass is 303 g/mol. The first kappa shape index (κ1) is 15.6. The molecular formula is C13H25N3O3S. The number of hydrogen-bond acceptors (Lipinski definition) is 4. The molecule has 2 aliphatic heterocycles. The van der Waals surface area contributed by atoms with Crippen LogP contribution in [0.5, 0.6) is 0 Å². The van der Waals surface area contributed by atoms with Crippen molar-refractivity contribution in [3.63, 3.8) is 0 Å². The highest BCUT2D eigenvalue weighted by atomic mass is 32.2. The average molecular weight is 303 g/mol. The molecule has 0 aromatic heterocycles. The SMILES string of the molecule is CCN1CCN(C(=O)N(CC)C2CCS(=O)(=O)C2)CC1. The molecule has 2 fully saturated rings. The van der Waals surface area contributed by atoms with E-state index in [9.17, 15) is 13.2 Å². The number of likely N-dealkylation sites (N-methyl/N-ethyl adjacent to an activating group) is 1. The first-order chi connectivity index (χ1) is 9.46. The Kier molecular flexibility index (Phi) is 4.90. The number of rotatable bonds is 3. The molecule has 0 aliphatic carbocycles. The van der Waals surface area contributed by atoms with Gasteiger partial charge in [0.2, 0.25) is 0 Å². The number of urea groups is 1. The van der Waals surface area contributed by atoms with Crippen molar-refractivity contribution in [2.45, 2.75) is 26.3 Å². The number of sulfone groups is 1. The minimum Gasteiger partial charge on any atom is -0.322 e. The Morgan fingerprint density at radius 2 is 1.85 bits per heavy atom. The normalized spacial score (nSPS) is 26.7. The molecule has 2 aliphatic rings. The summed E-state index contributed by atoms with van der Waals surface area (Å²) in [5.74, 6) is 0.340. The molecule has 2 amide bonds. The van der Waals surface area contributed by atoms with Crippen molar-refractivity contribution < 1.29 is 13.2 Å². The molecule has 2 heterocycles. The molecular weight excluding hydrogens is 278 g/mol. The Morgan fingerprint density at radius 1 is 1.20 bits per heavy atom. The first-order valence-corrected chi connectivity index (χ1v) is 9.27. The molecule has 2 rings (SSSR count). The van der Waals surface area contributed by atoms with Crippen LogP contribution in [0.1, 0.15) is 20.3 Å². The van der Waals surface area contributed by atoms with Gasteiger partial charge in [-0.25, -0.2) is 13.2 Å². The number of hydrogen-bond donors (Lipinski definition) is 0. The summed E-state index contributed by atoms with van der Waals surface area (Å²) in [6.07, 6.45) is 0.580. The number of piperazine rings is 1. The van der Waals surface area contributed by atoms with Crippen molar-refractivity contribution in [2.75, 3.05) is 50.8 Å². The van der Waals surface area contributed by atoms with E-state index in [0.29, 0.717) is 13.0 Å². The summed E-state index contributed by atoms with van der Waals surface area (Å²) in [4.78, 5) is 18.5. The molecule has 0 N–H and O–H groups in total. The van der Waals surface area contributed by atoms with E-state index in [0.717, 1.165) is 32.7 Å². The zero-order chi connectivity index (χ0) is 14.8. The summed E-state index contributed by atoms with van der Waals surface area (Å²) in [6.45, 7) is 8.93. The maximum Gasteiger partial charge on any atom is 0.320 e. The molecule has 6 nitrogen and oxygen atoms in total. The van der Waals surface area contributed by atoms with Gasteiger partial charge in [-0.1, -0.05) is 6.92 Å². The molecule has 0 aromatic rings. The lowest BCUT2D eigenvalue weighted by Gasteiger charge is -2.38. The van der Waals surface area contributed by atoms with Gasteiger partial charge in [0.05, 0.1) is 11.5 Å². The Morgan fingerprint density at radius 3 is 2.30 bits per heavy atom. The van der Waals surface area contributed by atoms with Crippen LogP contribution in [0.25, 0.3) is 0 Å². The molecule has 0 aromatic carbocycles. The fourth-order valence-electron chi connectivity index (χ4n) is 3.01. The fraction of sp³-hybridized carbons (Fsp3) is 0.923. The van der Waals surface area contributed by atoms with Crippen molar-refractivity contribution in [1.82, 2.24) is 14.7 Å². The molecule has 0 bridgehead atoms. The smallest absolute Gasteiger partial charge is 0.320 e. The van der Waals surface area contributed by atoms with Crippen molar-refractivity contribution >= 4 is 15.9 Å². The third kappa shape index (κ3) is 3.44. The Bertz CT molecular complexity index is 444. The quantitative estimate of drug-likeness (QED) is 0.750. The second-order valence-corrected chi connectivity index (χ2v) is 7.78. The van der Waals surface area contributed by atoms with Gasteiger partial charge in [0.25, 0.3) is 0 Å². The van der Waals surface area contributed by atoms with Gasteiger partial charge in [0.1, 0.15) is 0 Å². The average Bonchev–Trinajstić information content (AvgIpc) is 2.79. The molecule has 20 heavy (non-hydrogen) atoms. The fourth-order valence-corrected chi connectivity index (χ4v) is 4.74. The molecule has 1 atom stereocenters. The van der Waals surface area contributed by atoms with Crippen LogP contribution in [0.4, 0.5) is 4.79 Å². The molecule has 116 valence electrons. The van der Waals surface area contributed by atoms with Crippen LogP contribution >= 0.6 is 0 Å². The summed E-state index contributed by atoms with van der Waals surface area (Å²) in [6, 6.07) is -0.132. The van der Waals surface area contributed by atoms with Crippen molar-refractivity contribution in [3.8, 4) is 0 Å². The van der Waals surface area contributed by atoms with E-state index in [1.807, 2.05) is 11.8 Å². The number of nitrogens with zero attached hydrogens (tertiary/aromatic N) is 3. The molecule has 7 heteroatoms. The zero-order valence-electron chi connectivity index (χ0n) is 12.4. The maximum absolute atomic E-state index is 12.6. The maximum atomic E-state index is 12.6. The third-order valence-corrected chi connectivity index (χ3v) is 6.08. The van der Waals surface area contributed by atoms with E-state index in [1.165, 1.54) is 0 Å². The van der Waals surface area contributed by atoms with Gasteiger partial charge in [-0.3, -0.25) is 0 Å². The first-order valence-electron chi connectivity index (χ1n) is 7.45. The molecule has 1 unspecified atom stereocenters. The van der Waals surface area contributed by atoms with Crippen LogP contribution in [0.2, 0.25) is 0 Å². The second-order valence-electron chi connectivity index (χ2n) is 5.55. The van der Waals surface area contributed by atoms with E-state index in [1.54, 1.807) is 4.90 Å². The predicted molar refractivity (Wildman–Crippen MR) is 78.5 cm³/mol. The molecule has 2 saturated heterocycles. The highest BCUT2D eigenvalue weighted by Gasteiger charge is 2.36. The van der Waals surface area contributed by atoms with E-state index in [-0.39, 0.29) is 23.6 Å². The van der Waals surface area contributed by atoms with E-state index in [2.05, 4.69) is 11.8 Å². The summed E-state index contributed by atoms with van der Waals surface area (Å²) < 4.78 is 23.2. The molecule has 0 spiro atoms. The Balaban J connectivity index is 1.96. The second kappa shape index (κ2) is 6.30. The van der Waals surface area contributed by atoms with Crippen LogP contribution < -0.4 is 0 Å². The number of carbonyl (C=O) groups excluding carboxylic acids is 1. The summed E-state index contributed by atoms with van der Waals surface area (Å²) >= 11 is 0. The van der Waals surface area contributed by atoms with Gasteiger partial charge in [-0.2, -0.15) is 0 Å². The lowest BCUT2D eigenvalue weighted by molar-refractivity contribution is 0.107. The number of amides is 2. The van der Waals surface area contributed by atoms with E-state index in [4.69, 9.17) is 0 Å². The van der Waals surface area contributed by atoms with Crippen molar-refractivity contribution in [1.29, 1.82) is 0 Å². The highest BCUT2D eigenvalue weighted by molar-refractivity contribution is 7.91. The highest BCUT2D eigenvalue weighted by Crippen LogP contribution is 2.19. The van der Waals surface area contributed by atoms with Gasteiger partial charge >= 0.3 is 6.03 Å². The predicted octanol–water partition coefficient (Wildman–Crippen LogP) is 0.253. The third-order valence-electron chi connectivity index (χ3n) is 4.33. The minimum absolute atomic E-state index is 0.00496. The Labute approximate surface area is 121 Å². The van der Waals surface area contributed by atoms with Gasteiger partial charge < -0.3 is 14.7 Å². The van der Waals surface area contributed by atoms with Crippen LogP contribution in [0, 0.1) is 0 Å². The molecule has 0 radical (unpaired) electrons. The van der Waals surface area contributed by atoms with Gasteiger partial charge in [0.15, 0.2) is 9.84 Å². The summed E-state index contributed by atoms with van der Waals surface area (Å²) in [7, 11) is -2.95. The standard InChI is InChI=1S/C13H25N3O3S/c1-3-14-6-8-15(9-7-14)13(17)16(4-2)12-5-10-20(18,19)11-12/h12H,3-11H2,1-2H3. The van der Waals surface area contributed by atoms with E-state index < -0.39 is 9.84 Å². The summed E-state index contributed by atoms with van der Waals surface area (Å²) in [5, 5.41) is 0. The van der Waals surface area contributed by atoms with Crippen LogP contribution in [0.3, 0.4) is 0 Å². The topological polar surface area (TPSA) is 60.9 Å². The van der Waals surface area contributed by atoms with Crippen molar-refractivity contribution in [2.24, 2.45) is 0 Å².